The summed E-state index contributed by atoms with van der Waals surface area (Å²) in [7, 11) is 0. The first kappa shape index (κ1) is 11.4. The van der Waals surface area contributed by atoms with Gasteiger partial charge in [0.2, 0.25) is 0 Å². The van der Waals surface area contributed by atoms with Gasteiger partial charge in [0.05, 0.1) is 5.69 Å². The van der Waals surface area contributed by atoms with E-state index in [4.69, 9.17) is 4.74 Å². The van der Waals surface area contributed by atoms with Crippen LogP contribution in [0.5, 0.6) is 0 Å². The average Bonchev–Trinajstić information content (AvgIpc) is 2.30. The maximum Gasteiger partial charge on any atom is 0.0531 e. The molecule has 1 aromatic heterocycles. The highest BCUT2D eigenvalue weighted by molar-refractivity contribution is 5.44. The Morgan fingerprint density at radius 2 is 2.06 bits per heavy atom. The van der Waals surface area contributed by atoms with Crippen molar-refractivity contribution in [3.63, 3.8) is 0 Å². The minimum atomic E-state index is 0.531. The van der Waals surface area contributed by atoms with Crippen LogP contribution in [0.4, 0.5) is 5.69 Å². The third-order valence-electron chi connectivity index (χ3n) is 3.02. The Labute approximate surface area is 97.2 Å². The minimum Gasteiger partial charge on any atom is -0.381 e. The van der Waals surface area contributed by atoms with Crippen LogP contribution in [0.15, 0.2) is 18.5 Å². The zero-order valence-electron chi connectivity index (χ0n) is 10.1. The molecule has 16 heavy (non-hydrogen) atoms. The van der Waals surface area contributed by atoms with Crippen LogP contribution in [0.2, 0.25) is 0 Å². The third kappa shape index (κ3) is 2.95. The highest BCUT2D eigenvalue weighted by Gasteiger charge is 2.13. The zero-order chi connectivity index (χ0) is 11.4. The summed E-state index contributed by atoms with van der Waals surface area (Å²) in [6.07, 6.45) is 6.03. The number of nitrogens with one attached hydrogen (secondary N) is 1. The van der Waals surface area contributed by atoms with Crippen LogP contribution in [0, 0.1) is 0 Å². The van der Waals surface area contributed by atoms with E-state index >= 15 is 0 Å². The van der Waals surface area contributed by atoms with Crippen LogP contribution in [-0.4, -0.2) is 24.2 Å². The minimum absolute atomic E-state index is 0.531. The highest BCUT2D eigenvalue weighted by atomic mass is 16.5. The van der Waals surface area contributed by atoms with Crippen molar-refractivity contribution in [2.45, 2.75) is 38.6 Å². The Morgan fingerprint density at radius 1 is 1.31 bits per heavy atom. The number of anilines is 1. The number of hydrogen-bond acceptors (Lipinski definition) is 3. The van der Waals surface area contributed by atoms with Gasteiger partial charge in [-0.3, -0.25) is 4.98 Å². The molecule has 0 unspecified atom stereocenters. The number of hydrogen-bond donors (Lipinski definition) is 1. The Balaban J connectivity index is 2.00. The molecule has 2 heterocycles. The first-order valence-corrected chi connectivity index (χ1v) is 6.05. The Bertz CT molecular complexity index is 332. The van der Waals surface area contributed by atoms with E-state index < -0.39 is 0 Å². The van der Waals surface area contributed by atoms with E-state index in [-0.39, 0.29) is 0 Å². The lowest BCUT2D eigenvalue weighted by molar-refractivity contribution is 0.0904. The van der Waals surface area contributed by atoms with Crippen molar-refractivity contribution >= 4 is 5.69 Å². The van der Waals surface area contributed by atoms with Crippen molar-refractivity contribution < 1.29 is 4.74 Å². The molecule has 3 nitrogen and oxygen atoms in total. The number of rotatable bonds is 3. The van der Waals surface area contributed by atoms with Crippen LogP contribution in [0.3, 0.4) is 0 Å². The molecule has 0 bridgehead atoms. The summed E-state index contributed by atoms with van der Waals surface area (Å²) < 4.78 is 5.34. The molecule has 0 amide bonds. The first-order chi connectivity index (χ1) is 7.75. The maximum atomic E-state index is 5.34. The lowest BCUT2D eigenvalue weighted by Crippen LogP contribution is -2.27. The fraction of sp³-hybridized carbons (Fsp3) is 0.615. The van der Waals surface area contributed by atoms with E-state index in [1.807, 2.05) is 12.4 Å². The van der Waals surface area contributed by atoms with E-state index in [1.165, 1.54) is 5.56 Å². The largest absolute Gasteiger partial charge is 0.381 e. The van der Waals surface area contributed by atoms with Gasteiger partial charge in [0.1, 0.15) is 0 Å². The van der Waals surface area contributed by atoms with Crippen LogP contribution < -0.4 is 5.32 Å². The number of ether oxygens (including phenoxy) is 1. The van der Waals surface area contributed by atoms with E-state index in [0.717, 1.165) is 31.7 Å². The number of aromatic nitrogens is 1. The fourth-order valence-corrected chi connectivity index (χ4v) is 1.93. The number of pyridine rings is 1. The molecular weight excluding hydrogens is 200 g/mol. The van der Waals surface area contributed by atoms with Gasteiger partial charge in [0, 0.05) is 31.6 Å². The van der Waals surface area contributed by atoms with Gasteiger partial charge in [-0.1, -0.05) is 13.8 Å². The van der Waals surface area contributed by atoms with Gasteiger partial charge in [0.15, 0.2) is 0 Å². The second-order valence-electron chi connectivity index (χ2n) is 4.69. The SMILES string of the molecule is CC(C)c1cncc(NC2CCOCC2)c1. The highest BCUT2D eigenvalue weighted by Crippen LogP contribution is 2.19. The van der Waals surface area contributed by atoms with E-state index in [1.54, 1.807) is 0 Å². The summed E-state index contributed by atoms with van der Waals surface area (Å²) in [5.74, 6) is 0.531. The van der Waals surface area contributed by atoms with Crippen molar-refractivity contribution in [2.24, 2.45) is 0 Å². The van der Waals surface area contributed by atoms with Crippen molar-refractivity contribution in [2.75, 3.05) is 18.5 Å². The zero-order valence-corrected chi connectivity index (χ0v) is 10.1. The molecule has 1 saturated heterocycles. The molecule has 0 atom stereocenters. The molecule has 0 aliphatic carbocycles. The Hall–Kier alpha value is -1.09. The lowest BCUT2D eigenvalue weighted by Gasteiger charge is -2.24. The Morgan fingerprint density at radius 3 is 2.75 bits per heavy atom. The van der Waals surface area contributed by atoms with Crippen molar-refractivity contribution in [1.29, 1.82) is 0 Å². The molecule has 1 N–H and O–H groups in total. The summed E-state index contributed by atoms with van der Waals surface area (Å²) in [5.41, 5.74) is 2.43. The number of nitrogens with zero attached hydrogens (tertiary/aromatic N) is 1. The summed E-state index contributed by atoms with van der Waals surface area (Å²) in [4.78, 5) is 4.28. The predicted octanol–water partition coefficient (Wildman–Crippen LogP) is 2.80. The summed E-state index contributed by atoms with van der Waals surface area (Å²) >= 11 is 0. The van der Waals surface area contributed by atoms with Crippen LogP contribution in [0.25, 0.3) is 0 Å². The van der Waals surface area contributed by atoms with E-state index in [9.17, 15) is 0 Å². The smallest absolute Gasteiger partial charge is 0.0531 e. The average molecular weight is 220 g/mol. The quantitative estimate of drug-likeness (QED) is 0.850. The normalized spacial score (nSPS) is 17.7. The molecule has 0 radical (unpaired) electrons. The standard InChI is InChI=1S/C13H20N2O/c1-10(2)11-7-13(9-14-8-11)15-12-3-5-16-6-4-12/h7-10,12,15H,3-6H2,1-2H3. The molecule has 1 aliphatic rings. The van der Waals surface area contributed by atoms with Gasteiger partial charge in [-0.05, 0) is 30.4 Å². The fourth-order valence-electron chi connectivity index (χ4n) is 1.93. The van der Waals surface area contributed by atoms with Gasteiger partial charge >= 0.3 is 0 Å². The molecule has 1 aromatic rings. The molecule has 0 saturated carbocycles. The first-order valence-electron chi connectivity index (χ1n) is 6.05. The molecule has 2 rings (SSSR count). The monoisotopic (exact) mass is 220 g/mol. The second kappa shape index (κ2) is 5.30. The van der Waals surface area contributed by atoms with Crippen LogP contribution in [0.1, 0.15) is 38.2 Å². The van der Waals surface area contributed by atoms with Gasteiger partial charge in [-0.15, -0.1) is 0 Å². The molecule has 0 aromatic carbocycles. The van der Waals surface area contributed by atoms with E-state index in [0.29, 0.717) is 12.0 Å². The summed E-state index contributed by atoms with van der Waals surface area (Å²) in [5, 5.41) is 3.53. The van der Waals surface area contributed by atoms with Gasteiger partial charge in [0.25, 0.3) is 0 Å². The van der Waals surface area contributed by atoms with Gasteiger partial charge in [-0.2, -0.15) is 0 Å². The van der Waals surface area contributed by atoms with Crippen molar-refractivity contribution in [3.05, 3.63) is 24.0 Å². The second-order valence-corrected chi connectivity index (χ2v) is 4.69. The topological polar surface area (TPSA) is 34.2 Å². The maximum absolute atomic E-state index is 5.34. The summed E-state index contributed by atoms with van der Waals surface area (Å²) in [6.45, 7) is 6.12. The van der Waals surface area contributed by atoms with Gasteiger partial charge < -0.3 is 10.1 Å². The molecular formula is C13H20N2O. The third-order valence-corrected chi connectivity index (χ3v) is 3.02. The molecule has 1 fully saturated rings. The van der Waals surface area contributed by atoms with Crippen LogP contribution >= 0.6 is 0 Å². The van der Waals surface area contributed by atoms with Crippen molar-refractivity contribution in [3.8, 4) is 0 Å². The predicted molar refractivity (Wildman–Crippen MR) is 65.8 cm³/mol. The molecule has 3 heteroatoms. The van der Waals surface area contributed by atoms with Crippen LogP contribution in [-0.2, 0) is 4.74 Å². The Kier molecular flexibility index (Phi) is 3.78. The molecule has 0 spiro atoms. The summed E-state index contributed by atoms with van der Waals surface area (Å²) in [6, 6.07) is 2.74. The lowest BCUT2D eigenvalue weighted by atomic mass is 10.0. The molecule has 1 aliphatic heterocycles. The molecule has 88 valence electrons. The van der Waals surface area contributed by atoms with E-state index in [2.05, 4.69) is 30.2 Å². The van der Waals surface area contributed by atoms with Gasteiger partial charge in [-0.25, -0.2) is 0 Å². The van der Waals surface area contributed by atoms with Crippen molar-refractivity contribution in [1.82, 2.24) is 4.98 Å².